The van der Waals surface area contributed by atoms with Crippen molar-refractivity contribution in [2.24, 2.45) is 11.8 Å². The molecule has 0 spiro atoms. The standard InChI is InChI=1S/C21H21FO5/c1-4-6-12-9-15(22)17(16(10-12)25-3)18-19(23)13-7-8-14(11-13)20(18)27-21(24)26-5-2/h9-10,13-14H,5,7-8,11H2,1-3H3. The summed E-state index contributed by atoms with van der Waals surface area (Å²) < 4.78 is 30.6. The number of ether oxygens (including phenoxy) is 3. The van der Waals surface area contributed by atoms with Crippen LogP contribution in [0, 0.1) is 29.5 Å². The smallest absolute Gasteiger partial charge is 0.496 e. The van der Waals surface area contributed by atoms with Crippen molar-refractivity contribution in [1.82, 2.24) is 0 Å². The van der Waals surface area contributed by atoms with Crippen LogP contribution >= 0.6 is 0 Å². The maximum atomic E-state index is 15.0. The highest BCUT2D eigenvalue weighted by Crippen LogP contribution is 2.48. The van der Waals surface area contributed by atoms with E-state index in [1.807, 2.05) is 0 Å². The largest absolute Gasteiger partial charge is 0.513 e. The number of fused-ring (bicyclic) bond motifs is 2. The minimum atomic E-state index is -0.893. The van der Waals surface area contributed by atoms with Gasteiger partial charge in [0.1, 0.15) is 17.3 Å². The third-order valence-corrected chi connectivity index (χ3v) is 4.92. The van der Waals surface area contributed by atoms with E-state index >= 15 is 4.39 Å². The number of methoxy groups -OCH3 is 1. The first-order valence-corrected chi connectivity index (χ1v) is 8.93. The summed E-state index contributed by atoms with van der Waals surface area (Å²) in [6, 6.07) is 2.83. The number of allylic oxidation sites excluding steroid dienone is 2. The molecule has 2 aliphatic rings. The second-order valence-corrected chi connectivity index (χ2v) is 6.51. The molecule has 27 heavy (non-hydrogen) atoms. The molecule has 1 aromatic rings. The number of hydrogen-bond acceptors (Lipinski definition) is 5. The molecule has 6 heteroatoms. The summed E-state index contributed by atoms with van der Waals surface area (Å²) in [4.78, 5) is 24.9. The van der Waals surface area contributed by atoms with E-state index < -0.39 is 12.0 Å². The molecule has 3 rings (SSSR count). The van der Waals surface area contributed by atoms with Crippen LogP contribution in [0.5, 0.6) is 5.75 Å². The Kier molecular flexibility index (Phi) is 5.50. The van der Waals surface area contributed by atoms with Crippen LogP contribution in [-0.4, -0.2) is 25.7 Å². The average Bonchev–Trinajstić information content (AvgIpc) is 3.08. The summed E-state index contributed by atoms with van der Waals surface area (Å²) in [7, 11) is 1.40. The Morgan fingerprint density at radius 2 is 2.04 bits per heavy atom. The Morgan fingerprint density at radius 3 is 2.70 bits per heavy atom. The lowest BCUT2D eigenvalue weighted by Gasteiger charge is -2.25. The molecular weight excluding hydrogens is 351 g/mol. The molecule has 0 saturated heterocycles. The highest BCUT2D eigenvalue weighted by molar-refractivity contribution is 6.24. The van der Waals surface area contributed by atoms with E-state index in [1.165, 1.54) is 13.2 Å². The molecule has 5 nitrogen and oxygen atoms in total. The number of carbonyl (C=O) groups is 2. The minimum absolute atomic E-state index is 0.0139. The van der Waals surface area contributed by atoms with Gasteiger partial charge in [-0.1, -0.05) is 5.92 Å². The first-order chi connectivity index (χ1) is 13.0. The fourth-order valence-corrected chi connectivity index (χ4v) is 3.81. The van der Waals surface area contributed by atoms with Gasteiger partial charge in [0, 0.05) is 17.4 Å². The molecule has 0 amide bonds. The maximum absolute atomic E-state index is 15.0. The summed E-state index contributed by atoms with van der Waals surface area (Å²) in [6.45, 7) is 3.45. The Morgan fingerprint density at radius 1 is 1.30 bits per heavy atom. The molecule has 2 bridgehead atoms. The van der Waals surface area contributed by atoms with Gasteiger partial charge in [-0.25, -0.2) is 9.18 Å². The first kappa shape index (κ1) is 19.0. The van der Waals surface area contributed by atoms with Gasteiger partial charge in [-0.2, -0.15) is 0 Å². The number of halogens is 1. The molecule has 142 valence electrons. The topological polar surface area (TPSA) is 61.8 Å². The van der Waals surface area contributed by atoms with Gasteiger partial charge in [-0.3, -0.25) is 4.79 Å². The Labute approximate surface area is 157 Å². The van der Waals surface area contributed by atoms with E-state index in [2.05, 4.69) is 11.8 Å². The Bertz CT molecular complexity index is 875. The lowest BCUT2D eigenvalue weighted by molar-refractivity contribution is -0.117. The highest BCUT2D eigenvalue weighted by atomic mass is 19.1. The van der Waals surface area contributed by atoms with Crippen molar-refractivity contribution in [1.29, 1.82) is 0 Å². The number of hydrogen-bond donors (Lipinski definition) is 0. The molecule has 1 saturated carbocycles. The van der Waals surface area contributed by atoms with E-state index in [0.29, 0.717) is 24.8 Å². The van der Waals surface area contributed by atoms with Gasteiger partial charge in [0.2, 0.25) is 0 Å². The third-order valence-electron chi connectivity index (χ3n) is 4.92. The quantitative estimate of drug-likeness (QED) is 0.588. The number of benzene rings is 1. The number of Topliss-reactive ketones (excluding diaryl/α,β-unsaturated/α-hetero) is 1. The van der Waals surface area contributed by atoms with Crippen LogP contribution < -0.4 is 4.74 Å². The molecule has 2 aliphatic carbocycles. The molecule has 1 fully saturated rings. The zero-order valence-corrected chi connectivity index (χ0v) is 15.6. The zero-order valence-electron chi connectivity index (χ0n) is 15.6. The second-order valence-electron chi connectivity index (χ2n) is 6.51. The number of carbonyl (C=O) groups excluding carboxylic acids is 2. The fourth-order valence-electron chi connectivity index (χ4n) is 3.81. The van der Waals surface area contributed by atoms with E-state index in [0.717, 1.165) is 0 Å². The summed E-state index contributed by atoms with van der Waals surface area (Å²) in [5.74, 6) is 4.67. The molecule has 0 aromatic heterocycles. The van der Waals surface area contributed by atoms with Gasteiger partial charge in [0.05, 0.1) is 24.9 Å². The van der Waals surface area contributed by atoms with Crippen LogP contribution in [0.15, 0.2) is 17.9 Å². The molecule has 2 atom stereocenters. The molecule has 0 heterocycles. The third kappa shape index (κ3) is 3.55. The molecule has 0 aliphatic heterocycles. The van der Waals surface area contributed by atoms with Crippen LogP contribution in [0.4, 0.5) is 9.18 Å². The van der Waals surface area contributed by atoms with E-state index in [9.17, 15) is 9.59 Å². The molecule has 1 aromatic carbocycles. The summed E-state index contributed by atoms with van der Waals surface area (Å²) in [5.41, 5.74) is 0.530. The maximum Gasteiger partial charge on any atom is 0.513 e. The van der Waals surface area contributed by atoms with Crippen LogP contribution in [0.25, 0.3) is 5.57 Å². The predicted molar refractivity (Wildman–Crippen MR) is 96.4 cm³/mol. The van der Waals surface area contributed by atoms with E-state index in [4.69, 9.17) is 14.2 Å². The van der Waals surface area contributed by atoms with E-state index in [-0.39, 0.29) is 46.9 Å². The number of ketones is 1. The van der Waals surface area contributed by atoms with Crippen molar-refractivity contribution >= 4 is 17.5 Å². The summed E-state index contributed by atoms with van der Waals surface area (Å²) in [5, 5.41) is 0. The zero-order chi connectivity index (χ0) is 19.6. The monoisotopic (exact) mass is 372 g/mol. The normalized spacial score (nSPS) is 20.8. The van der Waals surface area contributed by atoms with Crippen LogP contribution in [0.1, 0.15) is 44.2 Å². The van der Waals surface area contributed by atoms with Gasteiger partial charge in [0.25, 0.3) is 0 Å². The minimum Gasteiger partial charge on any atom is -0.496 e. The first-order valence-electron chi connectivity index (χ1n) is 8.93. The van der Waals surface area contributed by atoms with Gasteiger partial charge < -0.3 is 14.2 Å². The second kappa shape index (κ2) is 7.83. The molecular formula is C21H21FO5. The van der Waals surface area contributed by atoms with E-state index in [1.54, 1.807) is 19.9 Å². The lowest BCUT2D eigenvalue weighted by Crippen LogP contribution is -2.25. The van der Waals surface area contributed by atoms with Crippen molar-refractivity contribution in [3.8, 4) is 17.6 Å². The highest BCUT2D eigenvalue weighted by Gasteiger charge is 2.44. The van der Waals surface area contributed by atoms with Gasteiger partial charge in [0.15, 0.2) is 5.78 Å². The van der Waals surface area contributed by atoms with Gasteiger partial charge in [-0.05, 0) is 45.2 Å². The van der Waals surface area contributed by atoms with Crippen molar-refractivity contribution in [3.05, 3.63) is 34.8 Å². The Balaban J connectivity index is 2.18. The van der Waals surface area contributed by atoms with Crippen molar-refractivity contribution in [2.75, 3.05) is 13.7 Å². The average molecular weight is 372 g/mol. The van der Waals surface area contributed by atoms with Crippen molar-refractivity contribution in [2.45, 2.75) is 33.1 Å². The summed E-state index contributed by atoms with van der Waals surface area (Å²) in [6.07, 6.45) is 1.10. The SMILES string of the molecule is CC#Cc1cc(F)c(C2=C(OC(=O)OCC)C3CCC(C3)C2=O)c(OC)c1. The predicted octanol–water partition coefficient (Wildman–Crippen LogP) is 4.09. The molecule has 0 N–H and O–H groups in total. The van der Waals surface area contributed by atoms with Crippen LogP contribution in [0.2, 0.25) is 0 Å². The van der Waals surface area contributed by atoms with Crippen LogP contribution in [-0.2, 0) is 14.3 Å². The Hall–Kier alpha value is -2.81. The fraction of sp³-hybridized carbons (Fsp3) is 0.429. The summed E-state index contributed by atoms with van der Waals surface area (Å²) >= 11 is 0. The van der Waals surface area contributed by atoms with Gasteiger partial charge >= 0.3 is 6.16 Å². The lowest BCUT2D eigenvalue weighted by atomic mass is 9.82. The van der Waals surface area contributed by atoms with Crippen LogP contribution in [0.3, 0.4) is 0 Å². The molecule has 2 unspecified atom stereocenters. The van der Waals surface area contributed by atoms with Crippen molar-refractivity contribution in [3.63, 3.8) is 0 Å². The number of rotatable bonds is 4. The molecule has 0 radical (unpaired) electrons. The van der Waals surface area contributed by atoms with Gasteiger partial charge in [-0.15, -0.1) is 5.92 Å². The van der Waals surface area contributed by atoms with Crippen molar-refractivity contribution < 1.29 is 28.2 Å².